The van der Waals surface area contributed by atoms with Crippen molar-refractivity contribution in [1.29, 1.82) is 0 Å². The van der Waals surface area contributed by atoms with Crippen LogP contribution >= 0.6 is 15.9 Å². The van der Waals surface area contributed by atoms with Gasteiger partial charge in [0.1, 0.15) is 12.4 Å². The van der Waals surface area contributed by atoms with E-state index in [1.807, 2.05) is 19.2 Å². The number of halogens is 1. The molecule has 5 nitrogen and oxygen atoms in total. The minimum Gasteiger partial charge on any atom is -0.309 e. The molecule has 6 heteroatoms. The molecule has 0 saturated heterocycles. The van der Waals surface area contributed by atoms with Crippen LogP contribution in [0.5, 0.6) is 0 Å². The molecule has 17 heavy (non-hydrogen) atoms. The Morgan fingerprint density at radius 1 is 1.47 bits per heavy atom. The Balaban J connectivity index is 1.95. The van der Waals surface area contributed by atoms with Crippen LogP contribution < -0.4 is 5.32 Å². The van der Waals surface area contributed by atoms with Crippen molar-refractivity contribution in [3.05, 3.63) is 40.8 Å². The van der Waals surface area contributed by atoms with E-state index in [4.69, 9.17) is 0 Å². The summed E-state index contributed by atoms with van der Waals surface area (Å²) in [5.74, 6) is 0.380. The SMILES string of the molecule is Cc1cnn(CC(=O)Nc2ccc(Br)cn2)c1. The van der Waals surface area contributed by atoms with Gasteiger partial charge in [-0.05, 0) is 40.5 Å². The van der Waals surface area contributed by atoms with Crippen molar-refractivity contribution in [1.82, 2.24) is 14.8 Å². The quantitative estimate of drug-likeness (QED) is 0.942. The molecule has 2 aromatic rings. The number of carbonyl (C=O) groups is 1. The van der Waals surface area contributed by atoms with Gasteiger partial charge in [0.05, 0.1) is 6.20 Å². The van der Waals surface area contributed by atoms with E-state index in [-0.39, 0.29) is 12.5 Å². The zero-order chi connectivity index (χ0) is 12.3. The van der Waals surface area contributed by atoms with Crippen LogP contribution in [-0.2, 0) is 11.3 Å². The van der Waals surface area contributed by atoms with Gasteiger partial charge in [-0.1, -0.05) is 0 Å². The number of aromatic nitrogens is 3. The molecule has 0 aromatic carbocycles. The number of nitrogens with zero attached hydrogens (tertiary/aromatic N) is 3. The molecule has 0 bridgehead atoms. The first-order valence-corrected chi connectivity index (χ1v) is 5.83. The maximum atomic E-state index is 11.7. The number of carbonyl (C=O) groups excluding carboxylic acids is 1. The lowest BCUT2D eigenvalue weighted by atomic mass is 10.4. The Kier molecular flexibility index (Phi) is 3.53. The lowest BCUT2D eigenvalue weighted by molar-refractivity contribution is -0.116. The first-order valence-electron chi connectivity index (χ1n) is 5.04. The van der Waals surface area contributed by atoms with Gasteiger partial charge in [0.2, 0.25) is 5.91 Å². The molecule has 0 aliphatic heterocycles. The van der Waals surface area contributed by atoms with E-state index in [9.17, 15) is 4.79 Å². The summed E-state index contributed by atoms with van der Waals surface area (Å²) in [5.41, 5.74) is 1.03. The van der Waals surface area contributed by atoms with E-state index in [2.05, 4.69) is 31.3 Å². The summed E-state index contributed by atoms with van der Waals surface area (Å²) < 4.78 is 2.46. The van der Waals surface area contributed by atoms with E-state index in [1.165, 1.54) is 0 Å². The highest BCUT2D eigenvalue weighted by Crippen LogP contribution is 2.10. The van der Waals surface area contributed by atoms with Gasteiger partial charge >= 0.3 is 0 Å². The van der Waals surface area contributed by atoms with Crippen LogP contribution in [0.15, 0.2) is 35.2 Å². The normalized spacial score (nSPS) is 10.2. The first-order chi connectivity index (χ1) is 8.13. The molecule has 0 saturated carbocycles. The largest absolute Gasteiger partial charge is 0.309 e. The highest BCUT2D eigenvalue weighted by molar-refractivity contribution is 9.10. The van der Waals surface area contributed by atoms with Gasteiger partial charge in [-0.2, -0.15) is 5.10 Å². The zero-order valence-electron chi connectivity index (χ0n) is 9.22. The molecule has 2 rings (SSSR count). The number of pyridine rings is 1. The van der Waals surface area contributed by atoms with Crippen LogP contribution in [0.25, 0.3) is 0 Å². The van der Waals surface area contributed by atoms with Crippen molar-refractivity contribution >= 4 is 27.7 Å². The Morgan fingerprint density at radius 2 is 2.29 bits per heavy atom. The number of anilines is 1. The molecular weight excluding hydrogens is 284 g/mol. The molecule has 0 spiro atoms. The second kappa shape index (κ2) is 5.09. The lowest BCUT2D eigenvalue weighted by Gasteiger charge is -2.04. The monoisotopic (exact) mass is 294 g/mol. The van der Waals surface area contributed by atoms with Gasteiger partial charge in [-0.3, -0.25) is 9.48 Å². The average Bonchev–Trinajstić information content (AvgIpc) is 2.67. The third-order valence-corrected chi connectivity index (χ3v) is 2.53. The van der Waals surface area contributed by atoms with Crippen LogP contribution in [0.4, 0.5) is 5.82 Å². The van der Waals surface area contributed by atoms with E-state index in [0.717, 1.165) is 10.0 Å². The summed E-state index contributed by atoms with van der Waals surface area (Å²) in [6, 6.07) is 3.55. The number of rotatable bonds is 3. The zero-order valence-corrected chi connectivity index (χ0v) is 10.8. The number of nitrogens with one attached hydrogen (secondary N) is 1. The van der Waals surface area contributed by atoms with Crippen molar-refractivity contribution in [2.45, 2.75) is 13.5 Å². The second-order valence-electron chi connectivity index (χ2n) is 3.63. The molecule has 0 aliphatic rings. The van der Waals surface area contributed by atoms with Crippen molar-refractivity contribution in [3.8, 4) is 0 Å². The van der Waals surface area contributed by atoms with Crippen LogP contribution in [0, 0.1) is 6.92 Å². The topological polar surface area (TPSA) is 59.8 Å². The van der Waals surface area contributed by atoms with Crippen LogP contribution in [0.1, 0.15) is 5.56 Å². The van der Waals surface area contributed by atoms with E-state index >= 15 is 0 Å². The molecule has 0 fully saturated rings. The maximum absolute atomic E-state index is 11.7. The van der Waals surface area contributed by atoms with Gasteiger partial charge in [0, 0.05) is 16.9 Å². The fraction of sp³-hybridized carbons (Fsp3) is 0.182. The Morgan fingerprint density at radius 3 is 2.88 bits per heavy atom. The molecule has 2 aromatic heterocycles. The number of hydrogen-bond donors (Lipinski definition) is 1. The van der Waals surface area contributed by atoms with Gasteiger partial charge in [0.15, 0.2) is 0 Å². The van der Waals surface area contributed by atoms with Crippen LogP contribution in [-0.4, -0.2) is 20.7 Å². The summed E-state index contributed by atoms with van der Waals surface area (Å²) in [6.07, 6.45) is 5.16. The molecule has 88 valence electrons. The summed E-state index contributed by atoms with van der Waals surface area (Å²) in [5, 5.41) is 6.73. The van der Waals surface area contributed by atoms with Gasteiger partial charge in [-0.15, -0.1) is 0 Å². The predicted molar refractivity (Wildman–Crippen MR) is 67.5 cm³/mol. The maximum Gasteiger partial charge on any atom is 0.247 e. The molecule has 0 atom stereocenters. The van der Waals surface area contributed by atoms with E-state index in [0.29, 0.717) is 5.82 Å². The average molecular weight is 295 g/mol. The third-order valence-electron chi connectivity index (χ3n) is 2.06. The van der Waals surface area contributed by atoms with Crippen molar-refractivity contribution in [2.75, 3.05) is 5.32 Å². The predicted octanol–water partition coefficient (Wildman–Crippen LogP) is 1.99. The molecule has 0 radical (unpaired) electrons. The fourth-order valence-corrected chi connectivity index (χ4v) is 1.57. The van der Waals surface area contributed by atoms with Gasteiger partial charge in [0.25, 0.3) is 0 Å². The summed E-state index contributed by atoms with van der Waals surface area (Å²) in [6.45, 7) is 2.11. The Labute approximate surface area is 107 Å². The first kappa shape index (κ1) is 11.8. The number of hydrogen-bond acceptors (Lipinski definition) is 3. The minimum atomic E-state index is -0.150. The Hall–Kier alpha value is -1.69. The van der Waals surface area contributed by atoms with Crippen molar-refractivity contribution < 1.29 is 4.79 Å². The van der Waals surface area contributed by atoms with Gasteiger partial charge < -0.3 is 5.32 Å². The van der Waals surface area contributed by atoms with Crippen LogP contribution in [0.2, 0.25) is 0 Å². The third kappa shape index (κ3) is 3.39. The Bertz CT molecular complexity index is 521. The molecule has 1 N–H and O–H groups in total. The van der Waals surface area contributed by atoms with E-state index < -0.39 is 0 Å². The lowest BCUT2D eigenvalue weighted by Crippen LogP contribution is -2.19. The molecule has 1 amide bonds. The fourth-order valence-electron chi connectivity index (χ4n) is 1.33. The number of aryl methyl sites for hydroxylation is 1. The highest BCUT2D eigenvalue weighted by atomic mass is 79.9. The summed E-state index contributed by atoms with van der Waals surface area (Å²) in [4.78, 5) is 15.7. The van der Waals surface area contributed by atoms with Crippen LogP contribution in [0.3, 0.4) is 0 Å². The number of amides is 1. The van der Waals surface area contributed by atoms with E-state index in [1.54, 1.807) is 23.1 Å². The molecule has 0 unspecified atom stereocenters. The molecule has 0 aliphatic carbocycles. The smallest absolute Gasteiger partial charge is 0.247 e. The molecular formula is C11H11BrN4O. The van der Waals surface area contributed by atoms with Crippen molar-refractivity contribution in [2.24, 2.45) is 0 Å². The minimum absolute atomic E-state index is 0.150. The second-order valence-corrected chi connectivity index (χ2v) is 4.54. The van der Waals surface area contributed by atoms with Crippen molar-refractivity contribution in [3.63, 3.8) is 0 Å². The standard InChI is InChI=1S/C11H11BrN4O/c1-8-4-14-16(6-8)7-11(17)15-10-3-2-9(12)5-13-10/h2-6H,7H2,1H3,(H,13,15,17). The highest BCUT2D eigenvalue weighted by Gasteiger charge is 2.04. The van der Waals surface area contributed by atoms with Gasteiger partial charge in [-0.25, -0.2) is 4.98 Å². The summed E-state index contributed by atoms with van der Waals surface area (Å²) in [7, 11) is 0. The molecule has 2 heterocycles. The summed E-state index contributed by atoms with van der Waals surface area (Å²) >= 11 is 3.28.